The third kappa shape index (κ3) is 4.51. The van der Waals surface area contributed by atoms with Crippen molar-refractivity contribution in [2.24, 2.45) is 0 Å². The van der Waals surface area contributed by atoms with E-state index in [0.717, 1.165) is 5.75 Å². The molecule has 0 fully saturated rings. The first-order chi connectivity index (χ1) is 12.3. The monoisotopic (exact) mass is 330 g/mol. The Morgan fingerprint density at radius 2 is 1.04 bits per heavy atom. The first-order valence-electron chi connectivity index (χ1n) is 9.14. The lowest BCUT2D eigenvalue weighted by Crippen LogP contribution is -1.86. The van der Waals surface area contributed by atoms with E-state index in [2.05, 4.69) is 67.6 Å². The molecule has 0 aromatic heterocycles. The molecule has 0 unspecified atom stereocenters. The van der Waals surface area contributed by atoms with Crippen molar-refractivity contribution in [1.29, 1.82) is 0 Å². The van der Waals surface area contributed by atoms with Gasteiger partial charge in [0.05, 0.1) is 7.11 Å². The maximum Gasteiger partial charge on any atom is 0.118 e. The van der Waals surface area contributed by atoms with Crippen LogP contribution in [0.15, 0.2) is 72.8 Å². The maximum atomic E-state index is 5.22. The molecule has 0 saturated heterocycles. The zero-order valence-electron chi connectivity index (χ0n) is 15.2. The summed E-state index contributed by atoms with van der Waals surface area (Å²) in [7, 11) is 1.69. The van der Waals surface area contributed by atoms with Crippen LogP contribution in [0.1, 0.15) is 31.7 Å². The molecule has 0 N–H and O–H groups in total. The minimum Gasteiger partial charge on any atom is -0.497 e. The summed E-state index contributed by atoms with van der Waals surface area (Å²) in [6.45, 7) is 2.25. The molecule has 0 atom stereocenters. The predicted octanol–water partition coefficient (Wildman–Crippen LogP) is 6.76. The van der Waals surface area contributed by atoms with Gasteiger partial charge in [0.25, 0.3) is 0 Å². The summed E-state index contributed by atoms with van der Waals surface area (Å²) < 4.78 is 5.22. The first-order valence-corrected chi connectivity index (χ1v) is 9.14. The Bertz CT molecular complexity index is 768. The molecule has 3 aromatic carbocycles. The zero-order valence-corrected chi connectivity index (χ0v) is 15.2. The Morgan fingerprint density at radius 3 is 1.48 bits per heavy atom. The fourth-order valence-corrected chi connectivity index (χ4v) is 3.08. The molecule has 1 nitrogen and oxygen atoms in total. The first kappa shape index (κ1) is 17.3. The van der Waals surface area contributed by atoms with Gasteiger partial charge in [0, 0.05) is 0 Å². The third-order valence-electron chi connectivity index (χ3n) is 4.66. The predicted molar refractivity (Wildman–Crippen MR) is 107 cm³/mol. The van der Waals surface area contributed by atoms with Crippen molar-refractivity contribution in [1.82, 2.24) is 0 Å². The van der Waals surface area contributed by atoms with Gasteiger partial charge in [0.1, 0.15) is 5.75 Å². The lowest BCUT2D eigenvalue weighted by molar-refractivity contribution is 0.415. The van der Waals surface area contributed by atoms with Crippen LogP contribution < -0.4 is 4.74 Å². The van der Waals surface area contributed by atoms with E-state index >= 15 is 0 Å². The number of methoxy groups -OCH3 is 1. The molecule has 3 rings (SSSR count). The van der Waals surface area contributed by atoms with E-state index in [4.69, 9.17) is 4.74 Å². The van der Waals surface area contributed by atoms with Crippen LogP contribution in [0.5, 0.6) is 5.75 Å². The highest BCUT2D eigenvalue weighted by atomic mass is 16.5. The average molecular weight is 330 g/mol. The molecule has 0 aliphatic carbocycles. The van der Waals surface area contributed by atoms with Crippen molar-refractivity contribution >= 4 is 0 Å². The molecule has 1 heteroatoms. The quantitative estimate of drug-likeness (QED) is 0.435. The molecule has 3 aromatic rings. The summed E-state index contributed by atoms with van der Waals surface area (Å²) in [5, 5.41) is 0. The maximum absolute atomic E-state index is 5.22. The second-order valence-corrected chi connectivity index (χ2v) is 6.46. The van der Waals surface area contributed by atoms with Crippen LogP contribution in [0.4, 0.5) is 0 Å². The minimum absolute atomic E-state index is 0.888. The van der Waals surface area contributed by atoms with Gasteiger partial charge in [0.15, 0.2) is 0 Å². The lowest BCUT2D eigenvalue weighted by atomic mass is 9.98. The van der Waals surface area contributed by atoms with E-state index in [0.29, 0.717) is 0 Å². The smallest absolute Gasteiger partial charge is 0.118 e. The summed E-state index contributed by atoms with van der Waals surface area (Å²) in [6, 6.07) is 26.0. The largest absolute Gasteiger partial charge is 0.497 e. The van der Waals surface area contributed by atoms with Crippen LogP contribution in [0.3, 0.4) is 0 Å². The third-order valence-corrected chi connectivity index (χ3v) is 4.66. The number of unbranched alkanes of at least 4 members (excludes halogenated alkanes) is 2. The second kappa shape index (κ2) is 8.53. The highest BCUT2D eigenvalue weighted by Gasteiger charge is 2.02. The molecular weight excluding hydrogens is 304 g/mol. The van der Waals surface area contributed by atoms with Crippen molar-refractivity contribution < 1.29 is 4.74 Å². The molecule has 0 spiro atoms. The molecule has 0 bridgehead atoms. The van der Waals surface area contributed by atoms with Gasteiger partial charge in [-0.05, 0) is 52.8 Å². The normalized spacial score (nSPS) is 10.6. The van der Waals surface area contributed by atoms with Gasteiger partial charge in [-0.15, -0.1) is 0 Å². The lowest BCUT2D eigenvalue weighted by Gasteiger charge is -2.07. The standard InChI is InChI=1S/C24H26O/c1-3-4-5-6-19-7-9-20(10-8-19)21-11-13-22(14-12-21)23-15-17-24(25-2)18-16-23/h7-18H,3-6H2,1-2H3. The Labute approximate surface area is 151 Å². The molecule has 0 radical (unpaired) electrons. The van der Waals surface area contributed by atoms with Gasteiger partial charge >= 0.3 is 0 Å². The molecule has 25 heavy (non-hydrogen) atoms. The number of rotatable bonds is 7. The second-order valence-electron chi connectivity index (χ2n) is 6.46. The van der Waals surface area contributed by atoms with Crippen molar-refractivity contribution in [2.75, 3.05) is 7.11 Å². The van der Waals surface area contributed by atoms with Crippen molar-refractivity contribution in [3.63, 3.8) is 0 Å². The SMILES string of the molecule is CCCCCc1ccc(-c2ccc(-c3ccc(OC)cc3)cc2)cc1. The topological polar surface area (TPSA) is 9.23 Å². The summed E-state index contributed by atoms with van der Waals surface area (Å²) in [5.74, 6) is 0.888. The van der Waals surface area contributed by atoms with Gasteiger partial charge in [-0.3, -0.25) is 0 Å². The summed E-state index contributed by atoms with van der Waals surface area (Å²) in [4.78, 5) is 0. The van der Waals surface area contributed by atoms with Gasteiger partial charge < -0.3 is 4.74 Å². The Hall–Kier alpha value is -2.54. The van der Waals surface area contributed by atoms with Crippen LogP contribution in [-0.4, -0.2) is 7.11 Å². The molecular formula is C24H26O. The fraction of sp³-hybridized carbons (Fsp3) is 0.250. The molecule has 0 aliphatic rings. The summed E-state index contributed by atoms with van der Waals surface area (Å²) in [6.07, 6.45) is 5.06. The Kier molecular flexibility index (Phi) is 5.90. The Balaban J connectivity index is 1.71. The number of benzene rings is 3. The van der Waals surface area contributed by atoms with Gasteiger partial charge in [-0.25, -0.2) is 0 Å². The average Bonchev–Trinajstić information content (AvgIpc) is 2.69. The molecule has 0 amide bonds. The zero-order chi connectivity index (χ0) is 17.5. The van der Waals surface area contributed by atoms with Crippen molar-refractivity contribution in [3.8, 4) is 28.0 Å². The van der Waals surface area contributed by atoms with Gasteiger partial charge in [-0.1, -0.05) is 80.4 Å². The molecule has 0 saturated carbocycles. The van der Waals surface area contributed by atoms with E-state index < -0.39 is 0 Å². The molecule has 0 aliphatic heterocycles. The van der Waals surface area contributed by atoms with Crippen LogP contribution >= 0.6 is 0 Å². The van der Waals surface area contributed by atoms with E-state index in [9.17, 15) is 0 Å². The number of hydrogen-bond acceptors (Lipinski definition) is 1. The van der Waals surface area contributed by atoms with Crippen LogP contribution in [0, 0.1) is 0 Å². The van der Waals surface area contributed by atoms with Gasteiger partial charge in [0.2, 0.25) is 0 Å². The van der Waals surface area contributed by atoms with Crippen molar-refractivity contribution in [2.45, 2.75) is 32.6 Å². The molecule has 128 valence electrons. The fourth-order valence-electron chi connectivity index (χ4n) is 3.08. The van der Waals surface area contributed by atoms with E-state index in [1.54, 1.807) is 7.11 Å². The van der Waals surface area contributed by atoms with Crippen molar-refractivity contribution in [3.05, 3.63) is 78.4 Å². The number of aryl methyl sites for hydroxylation is 1. The van der Waals surface area contributed by atoms with E-state index in [1.807, 2.05) is 12.1 Å². The number of hydrogen-bond donors (Lipinski definition) is 0. The van der Waals surface area contributed by atoms with E-state index in [-0.39, 0.29) is 0 Å². The highest BCUT2D eigenvalue weighted by Crippen LogP contribution is 2.26. The van der Waals surface area contributed by atoms with Gasteiger partial charge in [-0.2, -0.15) is 0 Å². The summed E-state index contributed by atoms with van der Waals surface area (Å²) >= 11 is 0. The molecule has 0 heterocycles. The van der Waals surface area contributed by atoms with Crippen LogP contribution in [0.2, 0.25) is 0 Å². The minimum atomic E-state index is 0.888. The highest BCUT2D eigenvalue weighted by molar-refractivity contribution is 5.70. The van der Waals surface area contributed by atoms with E-state index in [1.165, 1.54) is 53.5 Å². The Morgan fingerprint density at radius 1 is 0.600 bits per heavy atom. The number of ether oxygens (including phenoxy) is 1. The summed E-state index contributed by atoms with van der Waals surface area (Å²) in [5.41, 5.74) is 6.41. The van der Waals surface area contributed by atoms with Crippen LogP contribution in [0.25, 0.3) is 22.3 Å². The van der Waals surface area contributed by atoms with Crippen LogP contribution in [-0.2, 0) is 6.42 Å².